The van der Waals surface area contributed by atoms with Crippen molar-refractivity contribution in [1.29, 1.82) is 0 Å². The van der Waals surface area contributed by atoms with Crippen molar-refractivity contribution in [2.75, 3.05) is 12.5 Å². The molecule has 0 aliphatic rings. The predicted molar refractivity (Wildman–Crippen MR) is 87.7 cm³/mol. The molecule has 124 valence electrons. The third-order valence-corrected chi connectivity index (χ3v) is 4.98. The lowest BCUT2D eigenvalue weighted by Crippen LogP contribution is -2.04. The number of carbonyl (C=O) groups excluding carboxylic acids is 1. The summed E-state index contributed by atoms with van der Waals surface area (Å²) < 4.78 is 16.3. The lowest BCUT2D eigenvalue weighted by molar-refractivity contribution is -0.136. The van der Waals surface area contributed by atoms with Crippen molar-refractivity contribution in [3.63, 3.8) is 0 Å². The smallest absolute Gasteiger partial charge is 0.330 e. The van der Waals surface area contributed by atoms with Gasteiger partial charge in [-0.25, -0.2) is 4.79 Å². The Balaban J connectivity index is 3.42. The fourth-order valence-electron chi connectivity index (χ4n) is 2.13. The Labute approximate surface area is 129 Å². The summed E-state index contributed by atoms with van der Waals surface area (Å²) in [6, 6.07) is 0. The highest BCUT2D eigenvalue weighted by molar-refractivity contribution is 7.57. The van der Waals surface area contributed by atoms with E-state index in [0.717, 1.165) is 25.3 Å². The first-order valence-electron chi connectivity index (χ1n) is 8.12. The average Bonchev–Trinajstić information content (AvgIpc) is 2.46. The summed E-state index contributed by atoms with van der Waals surface area (Å²) in [5.41, 5.74) is 0. The summed E-state index contributed by atoms with van der Waals surface area (Å²) >= 11 is 0. The molecule has 0 aliphatic carbocycles. The van der Waals surface area contributed by atoms with Crippen LogP contribution in [0.4, 0.5) is 0 Å². The Morgan fingerprint density at radius 1 is 1.05 bits per heavy atom. The van der Waals surface area contributed by atoms with Crippen LogP contribution in [0.5, 0.6) is 0 Å². The van der Waals surface area contributed by atoms with E-state index in [-0.39, 0.29) is 6.16 Å². The van der Waals surface area contributed by atoms with Crippen molar-refractivity contribution >= 4 is 13.3 Å². The molecule has 1 unspecified atom stereocenters. The molecular weight excluding hydrogens is 287 g/mol. The van der Waals surface area contributed by atoms with Gasteiger partial charge in [-0.05, 0) is 6.42 Å². The molecule has 4 nitrogen and oxygen atoms in total. The van der Waals surface area contributed by atoms with E-state index in [2.05, 4.69) is 18.2 Å². The van der Waals surface area contributed by atoms with Crippen molar-refractivity contribution in [3.05, 3.63) is 12.7 Å². The normalized spacial score (nSPS) is 13.6. The van der Waals surface area contributed by atoms with E-state index in [9.17, 15) is 14.3 Å². The third-order valence-electron chi connectivity index (χ3n) is 3.44. The molecule has 0 rings (SSSR count). The Morgan fingerprint density at radius 3 is 2.00 bits per heavy atom. The molecule has 0 radical (unpaired) electrons. The number of hydrogen-bond donors (Lipinski definition) is 1. The van der Waals surface area contributed by atoms with E-state index in [1.165, 1.54) is 44.9 Å². The molecule has 0 aromatic rings. The van der Waals surface area contributed by atoms with Gasteiger partial charge in [0.2, 0.25) is 7.37 Å². The van der Waals surface area contributed by atoms with Gasteiger partial charge in [-0.2, -0.15) is 0 Å². The molecule has 1 atom stereocenters. The van der Waals surface area contributed by atoms with Crippen LogP contribution in [0, 0.1) is 0 Å². The third kappa shape index (κ3) is 14.1. The molecule has 21 heavy (non-hydrogen) atoms. The quantitative estimate of drug-likeness (QED) is 0.215. The summed E-state index contributed by atoms with van der Waals surface area (Å²) in [7, 11) is -3.32. The van der Waals surface area contributed by atoms with Crippen molar-refractivity contribution in [2.45, 2.75) is 71.1 Å². The molecular formula is C16H31O4P. The number of esters is 1. The first-order chi connectivity index (χ1) is 10.0. The van der Waals surface area contributed by atoms with Gasteiger partial charge >= 0.3 is 5.97 Å². The molecule has 0 saturated carbocycles. The van der Waals surface area contributed by atoms with Crippen LogP contribution in [0.2, 0.25) is 0 Å². The minimum atomic E-state index is -3.32. The predicted octanol–water partition coefficient (Wildman–Crippen LogP) is 4.86. The number of rotatable bonds is 14. The topological polar surface area (TPSA) is 63.6 Å². The Hall–Kier alpha value is -0.600. The van der Waals surface area contributed by atoms with E-state index in [0.29, 0.717) is 0 Å². The standard InChI is InChI=1S/C16H31O4P/c1-3-5-6-7-8-9-10-11-12-13-14-21(18,19)15-20-16(17)4-2/h4H,2-3,5-15H2,1H3,(H,18,19). The fourth-order valence-corrected chi connectivity index (χ4v) is 3.31. The molecule has 0 aliphatic heterocycles. The lowest BCUT2D eigenvalue weighted by Gasteiger charge is -2.11. The fraction of sp³-hybridized carbons (Fsp3) is 0.812. The molecule has 0 bridgehead atoms. The highest BCUT2D eigenvalue weighted by atomic mass is 31.2. The SMILES string of the molecule is C=CC(=O)OCP(=O)(O)CCCCCCCCCCCC. The highest BCUT2D eigenvalue weighted by Gasteiger charge is 2.19. The number of carbonyl (C=O) groups is 1. The van der Waals surface area contributed by atoms with Crippen molar-refractivity contribution in [3.8, 4) is 0 Å². The van der Waals surface area contributed by atoms with Gasteiger partial charge in [-0.3, -0.25) is 4.57 Å². The van der Waals surface area contributed by atoms with E-state index in [1.54, 1.807) is 0 Å². The molecule has 0 aromatic heterocycles. The Bertz CT molecular complexity index is 328. The van der Waals surface area contributed by atoms with Crippen LogP contribution < -0.4 is 0 Å². The van der Waals surface area contributed by atoms with Crippen LogP contribution in [-0.4, -0.2) is 23.4 Å². The van der Waals surface area contributed by atoms with Crippen LogP contribution in [0.25, 0.3) is 0 Å². The maximum Gasteiger partial charge on any atom is 0.330 e. The van der Waals surface area contributed by atoms with Crippen LogP contribution in [0.3, 0.4) is 0 Å². The van der Waals surface area contributed by atoms with Crippen LogP contribution in [-0.2, 0) is 14.1 Å². The van der Waals surface area contributed by atoms with Crippen LogP contribution in [0.1, 0.15) is 71.1 Å². The van der Waals surface area contributed by atoms with Gasteiger partial charge in [0.15, 0.2) is 6.35 Å². The summed E-state index contributed by atoms with van der Waals surface area (Å²) in [6.45, 7) is 5.46. The number of ether oxygens (including phenoxy) is 1. The van der Waals surface area contributed by atoms with Gasteiger partial charge in [-0.1, -0.05) is 71.3 Å². The van der Waals surface area contributed by atoms with E-state index in [4.69, 9.17) is 0 Å². The molecule has 1 N–H and O–H groups in total. The highest BCUT2D eigenvalue weighted by Crippen LogP contribution is 2.41. The van der Waals surface area contributed by atoms with Gasteiger partial charge in [-0.15, -0.1) is 0 Å². The zero-order valence-electron chi connectivity index (χ0n) is 13.4. The minimum absolute atomic E-state index is 0.230. The van der Waals surface area contributed by atoms with E-state index >= 15 is 0 Å². The monoisotopic (exact) mass is 318 g/mol. The molecule has 0 fully saturated rings. The average molecular weight is 318 g/mol. The first-order valence-corrected chi connectivity index (χ1v) is 10.1. The molecule has 0 heterocycles. The van der Waals surface area contributed by atoms with Crippen molar-refractivity contribution < 1.29 is 19.0 Å². The largest absolute Gasteiger partial charge is 0.452 e. The van der Waals surface area contributed by atoms with Gasteiger partial charge < -0.3 is 9.63 Å². The first kappa shape index (κ1) is 20.4. The van der Waals surface area contributed by atoms with Crippen molar-refractivity contribution in [1.82, 2.24) is 0 Å². The summed E-state index contributed by atoms with van der Waals surface area (Å²) in [6.07, 6.45) is 12.7. The molecule has 0 saturated heterocycles. The minimum Gasteiger partial charge on any atom is -0.452 e. The Morgan fingerprint density at radius 2 is 1.52 bits per heavy atom. The second-order valence-corrected chi connectivity index (χ2v) is 7.95. The number of unbranched alkanes of at least 4 members (excludes halogenated alkanes) is 9. The van der Waals surface area contributed by atoms with E-state index < -0.39 is 19.7 Å². The molecule has 0 amide bonds. The van der Waals surface area contributed by atoms with Gasteiger partial charge in [0.05, 0.1) is 0 Å². The maximum atomic E-state index is 11.7. The van der Waals surface area contributed by atoms with E-state index in [1.807, 2.05) is 0 Å². The zero-order chi connectivity index (χ0) is 16.0. The van der Waals surface area contributed by atoms with Gasteiger partial charge in [0.1, 0.15) is 0 Å². The number of hydrogen-bond acceptors (Lipinski definition) is 3. The second kappa shape index (κ2) is 13.1. The molecule has 0 spiro atoms. The van der Waals surface area contributed by atoms with Gasteiger partial charge in [0.25, 0.3) is 0 Å². The maximum absolute atomic E-state index is 11.7. The lowest BCUT2D eigenvalue weighted by atomic mass is 10.1. The molecule has 0 aromatic carbocycles. The van der Waals surface area contributed by atoms with Crippen LogP contribution >= 0.6 is 7.37 Å². The summed E-state index contributed by atoms with van der Waals surface area (Å²) in [4.78, 5) is 20.5. The van der Waals surface area contributed by atoms with Gasteiger partial charge in [0, 0.05) is 12.2 Å². The second-order valence-electron chi connectivity index (χ2n) is 5.55. The zero-order valence-corrected chi connectivity index (χ0v) is 14.3. The summed E-state index contributed by atoms with van der Waals surface area (Å²) in [5, 5.41) is 0. The Kier molecular flexibility index (Phi) is 12.7. The summed E-state index contributed by atoms with van der Waals surface area (Å²) in [5.74, 6) is -0.646. The van der Waals surface area contributed by atoms with Crippen LogP contribution in [0.15, 0.2) is 12.7 Å². The molecule has 5 heteroatoms. The van der Waals surface area contributed by atoms with Crippen molar-refractivity contribution in [2.24, 2.45) is 0 Å².